The maximum absolute atomic E-state index is 11.3. The van der Waals surface area contributed by atoms with E-state index in [2.05, 4.69) is 10.3 Å². The second kappa shape index (κ2) is 3.65. The van der Waals surface area contributed by atoms with Crippen LogP contribution in [-0.2, 0) is 11.3 Å². The van der Waals surface area contributed by atoms with Gasteiger partial charge >= 0.3 is 0 Å². The minimum Gasteiger partial charge on any atom is -0.352 e. The first kappa shape index (κ1) is 8.99. The van der Waals surface area contributed by atoms with Crippen LogP contribution in [0.5, 0.6) is 0 Å². The van der Waals surface area contributed by atoms with Crippen molar-refractivity contribution < 1.29 is 4.79 Å². The standard InChI is InChI=1S/C10H12N2O2/c13-9-4-1-7(5-11-9)6-12-10(14)8-2-3-8/h1,4-5,8H,2-3,6H2,(H,11,13)(H,12,14). The molecule has 1 aromatic heterocycles. The molecule has 0 aliphatic heterocycles. The summed E-state index contributed by atoms with van der Waals surface area (Å²) in [4.78, 5) is 24.6. The van der Waals surface area contributed by atoms with Crippen molar-refractivity contribution in [3.05, 3.63) is 34.2 Å². The summed E-state index contributed by atoms with van der Waals surface area (Å²) in [5.41, 5.74) is 0.792. The molecule has 1 aliphatic carbocycles. The van der Waals surface area contributed by atoms with E-state index < -0.39 is 0 Å². The van der Waals surface area contributed by atoms with Gasteiger partial charge in [-0.1, -0.05) is 6.07 Å². The molecule has 0 saturated heterocycles. The number of rotatable bonds is 3. The number of H-pyrrole nitrogens is 1. The van der Waals surface area contributed by atoms with Crippen LogP contribution >= 0.6 is 0 Å². The number of hydrogen-bond acceptors (Lipinski definition) is 2. The predicted octanol–water partition coefficient (Wildman–Crippen LogP) is 0.401. The van der Waals surface area contributed by atoms with Crippen LogP contribution in [0.2, 0.25) is 0 Å². The lowest BCUT2D eigenvalue weighted by Gasteiger charge is -2.02. The Morgan fingerprint density at radius 2 is 2.29 bits per heavy atom. The van der Waals surface area contributed by atoms with E-state index in [1.165, 1.54) is 6.07 Å². The van der Waals surface area contributed by atoms with Gasteiger partial charge in [0.2, 0.25) is 11.5 Å². The number of amides is 1. The Balaban J connectivity index is 1.87. The van der Waals surface area contributed by atoms with Crippen molar-refractivity contribution >= 4 is 5.91 Å². The van der Waals surface area contributed by atoms with E-state index in [0.717, 1.165) is 18.4 Å². The minimum absolute atomic E-state index is 0.121. The fourth-order valence-electron chi connectivity index (χ4n) is 1.23. The Hall–Kier alpha value is -1.58. The molecule has 2 rings (SSSR count). The van der Waals surface area contributed by atoms with Crippen molar-refractivity contribution in [2.24, 2.45) is 5.92 Å². The number of pyridine rings is 1. The fraction of sp³-hybridized carbons (Fsp3) is 0.400. The summed E-state index contributed by atoms with van der Waals surface area (Å²) in [7, 11) is 0. The molecule has 1 amide bonds. The molecular formula is C10H12N2O2. The van der Waals surface area contributed by atoms with E-state index in [4.69, 9.17) is 0 Å². The van der Waals surface area contributed by atoms with E-state index in [1.54, 1.807) is 12.3 Å². The highest BCUT2D eigenvalue weighted by atomic mass is 16.2. The van der Waals surface area contributed by atoms with Gasteiger partial charge in [0.15, 0.2) is 0 Å². The van der Waals surface area contributed by atoms with E-state index in [0.29, 0.717) is 6.54 Å². The maximum Gasteiger partial charge on any atom is 0.247 e. The average molecular weight is 192 g/mol. The SMILES string of the molecule is O=C(NCc1ccc(=O)[nH]c1)C1CC1. The largest absolute Gasteiger partial charge is 0.352 e. The summed E-state index contributed by atoms with van der Waals surface area (Å²) < 4.78 is 0. The van der Waals surface area contributed by atoms with Crippen LogP contribution in [0.1, 0.15) is 18.4 Å². The average Bonchev–Trinajstić information content (AvgIpc) is 3.00. The minimum atomic E-state index is -0.123. The molecule has 4 nitrogen and oxygen atoms in total. The normalized spacial score (nSPS) is 15.1. The third-order valence-electron chi connectivity index (χ3n) is 2.26. The van der Waals surface area contributed by atoms with Crippen molar-refractivity contribution in [2.45, 2.75) is 19.4 Å². The number of nitrogens with one attached hydrogen (secondary N) is 2. The lowest BCUT2D eigenvalue weighted by Crippen LogP contribution is -2.24. The first-order chi connectivity index (χ1) is 6.75. The first-order valence-corrected chi connectivity index (χ1v) is 4.71. The second-order valence-corrected chi connectivity index (χ2v) is 3.55. The first-order valence-electron chi connectivity index (χ1n) is 4.71. The summed E-state index contributed by atoms with van der Waals surface area (Å²) in [6, 6.07) is 3.17. The Labute approximate surface area is 81.3 Å². The molecule has 1 aliphatic rings. The lowest BCUT2D eigenvalue weighted by atomic mass is 10.3. The highest BCUT2D eigenvalue weighted by molar-refractivity contribution is 5.80. The van der Waals surface area contributed by atoms with Gasteiger partial charge < -0.3 is 10.3 Å². The van der Waals surface area contributed by atoms with E-state index in [1.807, 2.05) is 0 Å². The molecule has 0 aromatic carbocycles. The molecule has 1 heterocycles. The van der Waals surface area contributed by atoms with Crippen LogP contribution in [0, 0.1) is 5.92 Å². The van der Waals surface area contributed by atoms with Crippen molar-refractivity contribution in [1.82, 2.24) is 10.3 Å². The van der Waals surface area contributed by atoms with Crippen molar-refractivity contribution in [3.8, 4) is 0 Å². The van der Waals surface area contributed by atoms with Crippen LogP contribution < -0.4 is 10.9 Å². The molecule has 74 valence electrons. The molecule has 0 unspecified atom stereocenters. The Kier molecular flexibility index (Phi) is 2.35. The van der Waals surface area contributed by atoms with Crippen molar-refractivity contribution in [2.75, 3.05) is 0 Å². The van der Waals surface area contributed by atoms with Gasteiger partial charge in [-0.15, -0.1) is 0 Å². The summed E-state index contributed by atoms with van der Waals surface area (Å²) in [6.45, 7) is 0.492. The maximum atomic E-state index is 11.3. The Morgan fingerprint density at radius 1 is 1.50 bits per heavy atom. The van der Waals surface area contributed by atoms with Gasteiger partial charge in [0.25, 0.3) is 0 Å². The molecule has 0 bridgehead atoms. The zero-order chi connectivity index (χ0) is 9.97. The van der Waals surface area contributed by atoms with Gasteiger partial charge in [0, 0.05) is 24.7 Å². The molecule has 1 aromatic rings. The summed E-state index contributed by atoms with van der Waals surface area (Å²) >= 11 is 0. The molecule has 0 radical (unpaired) electrons. The molecule has 0 spiro atoms. The predicted molar refractivity (Wildman–Crippen MR) is 51.6 cm³/mol. The Morgan fingerprint density at radius 3 is 2.86 bits per heavy atom. The summed E-state index contributed by atoms with van der Waals surface area (Å²) in [6.07, 6.45) is 3.64. The van der Waals surface area contributed by atoms with Gasteiger partial charge in [-0.3, -0.25) is 9.59 Å². The van der Waals surface area contributed by atoms with E-state index in [9.17, 15) is 9.59 Å². The van der Waals surface area contributed by atoms with Crippen molar-refractivity contribution in [1.29, 1.82) is 0 Å². The van der Waals surface area contributed by atoms with E-state index in [-0.39, 0.29) is 17.4 Å². The molecular weight excluding hydrogens is 180 g/mol. The van der Waals surface area contributed by atoms with Gasteiger partial charge in [-0.2, -0.15) is 0 Å². The quantitative estimate of drug-likeness (QED) is 0.728. The number of carbonyl (C=O) groups excluding carboxylic acids is 1. The zero-order valence-corrected chi connectivity index (χ0v) is 7.75. The number of carbonyl (C=O) groups is 1. The van der Waals surface area contributed by atoms with Crippen LogP contribution in [-0.4, -0.2) is 10.9 Å². The third-order valence-corrected chi connectivity index (χ3v) is 2.26. The monoisotopic (exact) mass is 192 g/mol. The molecule has 14 heavy (non-hydrogen) atoms. The molecule has 1 fully saturated rings. The number of hydrogen-bond donors (Lipinski definition) is 2. The summed E-state index contributed by atoms with van der Waals surface area (Å²) in [5, 5.41) is 2.82. The zero-order valence-electron chi connectivity index (χ0n) is 7.75. The molecule has 2 N–H and O–H groups in total. The van der Waals surface area contributed by atoms with Crippen LogP contribution in [0.25, 0.3) is 0 Å². The van der Waals surface area contributed by atoms with Crippen LogP contribution in [0.3, 0.4) is 0 Å². The van der Waals surface area contributed by atoms with Gasteiger partial charge in [-0.05, 0) is 18.4 Å². The van der Waals surface area contributed by atoms with Gasteiger partial charge in [0.05, 0.1) is 0 Å². The third kappa shape index (κ3) is 2.22. The molecule has 0 atom stereocenters. The van der Waals surface area contributed by atoms with Crippen molar-refractivity contribution in [3.63, 3.8) is 0 Å². The fourth-order valence-corrected chi connectivity index (χ4v) is 1.23. The molecule has 1 saturated carbocycles. The topological polar surface area (TPSA) is 62.0 Å². The molecule has 4 heteroatoms. The lowest BCUT2D eigenvalue weighted by molar-refractivity contribution is -0.122. The second-order valence-electron chi connectivity index (χ2n) is 3.55. The Bertz CT molecular complexity index is 373. The van der Waals surface area contributed by atoms with E-state index >= 15 is 0 Å². The van der Waals surface area contributed by atoms with Crippen LogP contribution in [0.15, 0.2) is 23.1 Å². The van der Waals surface area contributed by atoms with Gasteiger partial charge in [-0.25, -0.2) is 0 Å². The number of aromatic nitrogens is 1. The highest BCUT2D eigenvalue weighted by Gasteiger charge is 2.29. The smallest absolute Gasteiger partial charge is 0.247 e. The highest BCUT2D eigenvalue weighted by Crippen LogP contribution is 2.28. The van der Waals surface area contributed by atoms with Crippen LogP contribution in [0.4, 0.5) is 0 Å². The number of aromatic amines is 1. The summed E-state index contributed by atoms with van der Waals surface area (Å²) in [5.74, 6) is 0.356. The van der Waals surface area contributed by atoms with Gasteiger partial charge in [0.1, 0.15) is 0 Å².